The molecule has 1 aromatic rings. The average molecular weight is 270 g/mol. The Balaban J connectivity index is 1.93. The van der Waals surface area contributed by atoms with E-state index >= 15 is 0 Å². The van der Waals surface area contributed by atoms with Gasteiger partial charge in [0.1, 0.15) is 11.6 Å². The maximum absolute atomic E-state index is 13.7. The van der Waals surface area contributed by atoms with Crippen LogP contribution in [0.15, 0.2) is 18.2 Å². The number of rotatable bonds is 5. The summed E-state index contributed by atoms with van der Waals surface area (Å²) in [6.07, 6.45) is 4.28. The van der Waals surface area contributed by atoms with E-state index in [0.717, 1.165) is 0 Å². The molecule has 1 N–H and O–H groups in total. The molecule has 0 saturated heterocycles. The first-order valence-corrected chi connectivity index (χ1v) is 7.38. The fraction of sp³-hybridized carbons (Fsp3) is 0.571. The maximum Gasteiger partial charge on any atom is 0.132 e. The topological polar surface area (TPSA) is 29.5 Å². The molecule has 0 spiro atoms. The summed E-state index contributed by atoms with van der Waals surface area (Å²) < 4.78 is 18.7. The number of halogens is 1. The number of aliphatic hydroxyl groups is 1. The van der Waals surface area contributed by atoms with E-state index in [1.807, 2.05) is 0 Å². The van der Waals surface area contributed by atoms with Crippen molar-refractivity contribution in [2.24, 2.45) is 0 Å². The van der Waals surface area contributed by atoms with E-state index in [4.69, 9.17) is 4.74 Å². The van der Waals surface area contributed by atoms with Gasteiger partial charge in [0.2, 0.25) is 0 Å². The third kappa shape index (κ3) is 3.39. The van der Waals surface area contributed by atoms with Crippen molar-refractivity contribution in [3.63, 3.8) is 0 Å². The lowest BCUT2D eigenvalue weighted by Crippen LogP contribution is -2.07. The van der Waals surface area contributed by atoms with Crippen LogP contribution in [-0.4, -0.2) is 23.2 Å². The van der Waals surface area contributed by atoms with Crippen LogP contribution in [0, 0.1) is 5.82 Å². The molecule has 4 heteroatoms. The van der Waals surface area contributed by atoms with Crippen molar-refractivity contribution in [2.75, 3.05) is 12.9 Å². The van der Waals surface area contributed by atoms with Crippen molar-refractivity contribution in [1.29, 1.82) is 0 Å². The fourth-order valence-electron chi connectivity index (χ4n) is 2.28. The quantitative estimate of drug-likeness (QED) is 0.887. The van der Waals surface area contributed by atoms with Gasteiger partial charge < -0.3 is 9.84 Å². The first kappa shape index (κ1) is 13.7. The summed E-state index contributed by atoms with van der Waals surface area (Å²) in [4.78, 5) is 0. The van der Waals surface area contributed by atoms with Gasteiger partial charge in [-0.05, 0) is 25.0 Å². The lowest BCUT2D eigenvalue weighted by Gasteiger charge is -2.15. The number of ether oxygens (including phenoxy) is 1. The zero-order chi connectivity index (χ0) is 13.0. The monoisotopic (exact) mass is 270 g/mol. The predicted octanol–water partition coefficient (Wildman–Crippen LogP) is 3.54. The lowest BCUT2D eigenvalue weighted by molar-refractivity contribution is 0.198. The fourth-order valence-corrected chi connectivity index (χ4v) is 3.58. The van der Waals surface area contributed by atoms with Gasteiger partial charge in [0.05, 0.1) is 13.2 Å². The maximum atomic E-state index is 13.7. The molecule has 2 nitrogen and oxygen atoms in total. The second-order valence-electron chi connectivity index (χ2n) is 4.64. The summed E-state index contributed by atoms with van der Waals surface area (Å²) >= 11 is 1.76. The molecular weight excluding hydrogens is 251 g/mol. The van der Waals surface area contributed by atoms with Gasteiger partial charge in [-0.3, -0.25) is 0 Å². The van der Waals surface area contributed by atoms with Gasteiger partial charge in [-0.15, -0.1) is 0 Å². The average Bonchev–Trinajstić information content (AvgIpc) is 2.88. The minimum atomic E-state index is -0.735. The molecule has 1 unspecified atom stereocenters. The molecule has 1 fully saturated rings. The second-order valence-corrected chi connectivity index (χ2v) is 5.98. The van der Waals surface area contributed by atoms with Gasteiger partial charge >= 0.3 is 0 Å². The summed E-state index contributed by atoms with van der Waals surface area (Å²) in [5.41, 5.74) is 0.362. The van der Waals surface area contributed by atoms with E-state index in [1.54, 1.807) is 23.9 Å². The molecule has 1 saturated carbocycles. The standard InChI is InChI=1S/C14H19FO2S/c1-17-10-6-7-12(13(15)8-10)14(16)9-18-11-4-2-3-5-11/h6-8,11,14,16H,2-5,9H2,1H3. The highest BCUT2D eigenvalue weighted by Gasteiger charge is 2.19. The van der Waals surface area contributed by atoms with Crippen LogP contribution in [0.1, 0.15) is 37.4 Å². The van der Waals surface area contributed by atoms with Crippen molar-refractivity contribution in [1.82, 2.24) is 0 Å². The number of thioether (sulfide) groups is 1. The molecule has 18 heavy (non-hydrogen) atoms. The van der Waals surface area contributed by atoms with E-state index in [1.165, 1.54) is 38.9 Å². The Morgan fingerprint density at radius 3 is 2.78 bits per heavy atom. The van der Waals surface area contributed by atoms with E-state index in [2.05, 4.69) is 0 Å². The Labute approximate surface area is 112 Å². The van der Waals surface area contributed by atoms with Gasteiger partial charge in [0.25, 0.3) is 0 Å². The lowest BCUT2D eigenvalue weighted by atomic mass is 10.1. The molecular formula is C14H19FO2S. The predicted molar refractivity (Wildman–Crippen MR) is 72.6 cm³/mol. The van der Waals surface area contributed by atoms with Gasteiger partial charge in [-0.1, -0.05) is 12.8 Å². The van der Waals surface area contributed by atoms with Crippen LogP contribution in [0.25, 0.3) is 0 Å². The van der Waals surface area contributed by atoms with Crippen LogP contribution < -0.4 is 4.74 Å². The molecule has 1 aliphatic rings. The molecule has 0 radical (unpaired) electrons. The Morgan fingerprint density at radius 1 is 1.44 bits per heavy atom. The Bertz CT molecular complexity index is 391. The van der Waals surface area contributed by atoms with E-state index in [-0.39, 0.29) is 0 Å². The summed E-state index contributed by atoms with van der Waals surface area (Å²) in [5, 5.41) is 10.7. The van der Waals surface area contributed by atoms with Crippen LogP contribution in [0.2, 0.25) is 0 Å². The molecule has 0 amide bonds. The van der Waals surface area contributed by atoms with Crippen molar-refractivity contribution in [3.8, 4) is 5.75 Å². The minimum absolute atomic E-state index is 0.362. The van der Waals surface area contributed by atoms with Gasteiger partial charge in [-0.25, -0.2) is 4.39 Å². The van der Waals surface area contributed by atoms with E-state index in [9.17, 15) is 9.50 Å². The number of methoxy groups -OCH3 is 1. The summed E-state index contributed by atoms with van der Waals surface area (Å²) in [6, 6.07) is 4.61. The Kier molecular flexibility index (Phi) is 4.89. The molecule has 2 rings (SSSR count). The molecule has 0 aromatic heterocycles. The van der Waals surface area contributed by atoms with Crippen LogP contribution in [-0.2, 0) is 0 Å². The molecule has 1 aromatic carbocycles. The zero-order valence-corrected chi connectivity index (χ0v) is 11.4. The van der Waals surface area contributed by atoms with Crippen molar-refractivity contribution in [2.45, 2.75) is 37.0 Å². The summed E-state index contributed by atoms with van der Waals surface area (Å²) in [5.74, 6) is 0.647. The summed E-state index contributed by atoms with van der Waals surface area (Å²) in [7, 11) is 1.50. The van der Waals surface area contributed by atoms with Crippen LogP contribution in [0.3, 0.4) is 0 Å². The molecule has 0 bridgehead atoms. The third-order valence-electron chi connectivity index (χ3n) is 3.36. The smallest absolute Gasteiger partial charge is 0.132 e. The summed E-state index contributed by atoms with van der Waals surface area (Å²) in [6.45, 7) is 0. The van der Waals surface area contributed by atoms with Gasteiger partial charge in [0, 0.05) is 22.6 Å². The number of benzene rings is 1. The first-order valence-electron chi connectivity index (χ1n) is 6.34. The highest BCUT2D eigenvalue weighted by Crippen LogP contribution is 2.32. The van der Waals surface area contributed by atoms with Crippen molar-refractivity contribution >= 4 is 11.8 Å². The normalized spacial score (nSPS) is 17.9. The molecule has 1 atom stereocenters. The molecule has 1 aliphatic carbocycles. The zero-order valence-electron chi connectivity index (χ0n) is 10.6. The van der Waals surface area contributed by atoms with Crippen LogP contribution >= 0.6 is 11.8 Å². The van der Waals surface area contributed by atoms with Crippen molar-refractivity contribution < 1.29 is 14.2 Å². The number of hydrogen-bond donors (Lipinski definition) is 1. The van der Waals surface area contributed by atoms with Crippen molar-refractivity contribution in [3.05, 3.63) is 29.6 Å². The van der Waals surface area contributed by atoms with Crippen LogP contribution in [0.4, 0.5) is 4.39 Å². The highest BCUT2D eigenvalue weighted by molar-refractivity contribution is 7.99. The van der Waals surface area contributed by atoms with Gasteiger partial charge in [-0.2, -0.15) is 11.8 Å². The highest BCUT2D eigenvalue weighted by atomic mass is 32.2. The SMILES string of the molecule is COc1ccc(C(O)CSC2CCCC2)c(F)c1. The number of hydrogen-bond acceptors (Lipinski definition) is 3. The van der Waals surface area contributed by atoms with Crippen LogP contribution in [0.5, 0.6) is 5.75 Å². The minimum Gasteiger partial charge on any atom is -0.497 e. The third-order valence-corrected chi connectivity index (χ3v) is 4.81. The largest absolute Gasteiger partial charge is 0.497 e. The van der Waals surface area contributed by atoms with E-state index in [0.29, 0.717) is 22.3 Å². The Hall–Kier alpha value is -0.740. The number of aliphatic hydroxyl groups excluding tert-OH is 1. The molecule has 0 aliphatic heterocycles. The van der Waals surface area contributed by atoms with E-state index < -0.39 is 11.9 Å². The first-order chi connectivity index (χ1) is 8.70. The molecule has 0 heterocycles. The second kappa shape index (κ2) is 6.43. The molecule has 100 valence electrons. The Morgan fingerprint density at radius 2 is 2.17 bits per heavy atom. The van der Waals surface area contributed by atoms with Gasteiger partial charge in [0.15, 0.2) is 0 Å².